The van der Waals surface area contributed by atoms with Gasteiger partial charge in [-0.05, 0) is 42.0 Å². The highest BCUT2D eigenvalue weighted by molar-refractivity contribution is 7.86. The molecule has 9 heteroatoms. The first kappa shape index (κ1) is 20.8. The van der Waals surface area contributed by atoms with Crippen LogP contribution < -0.4 is 4.74 Å². The predicted octanol–water partition coefficient (Wildman–Crippen LogP) is 2.16. The molecule has 0 spiro atoms. The van der Waals surface area contributed by atoms with Crippen LogP contribution >= 0.6 is 0 Å². The average molecular weight is 430 g/mol. The number of hydrogen-bond acceptors (Lipinski definition) is 5. The standard InChI is InChI=1S/C21H27N5O3S/c1-24(2)30(27,28)26-13-11-25(12-14-26)15-19-18-5-4-10-22-21(18)23-20(19)16-6-8-17(29-3)9-7-16/h4-10H,11-15H2,1-3H3,(H,22,23). The van der Waals surface area contributed by atoms with E-state index in [1.54, 1.807) is 31.7 Å². The molecule has 8 nitrogen and oxygen atoms in total. The van der Waals surface area contributed by atoms with E-state index in [2.05, 4.69) is 20.9 Å². The number of nitrogens with one attached hydrogen (secondary N) is 1. The Morgan fingerprint density at radius 1 is 1.10 bits per heavy atom. The molecule has 0 unspecified atom stereocenters. The smallest absolute Gasteiger partial charge is 0.281 e. The third-order valence-electron chi connectivity index (χ3n) is 5.56. The number of H-pyrrole nitrogens is 1. The lowest BCUT2D eigenvalue weighted by Gasteiger charge is -2.35. The molecule has 0 bridgehead atoms. The van der Waals surface area contributed by atoms with Crippen molar-refractivity contribution in [3.8, 4) is 17.0 Å². The van der Waals surface area contributed by atoms with E-state index in [4.69, 9.17) is 4.74 Å². The van der Waals surface area contributed by atoms with Gasteiger partial charge in [0.25, 0.3) is 10.2 Å². The number of piperazine rings is 1. The van der Waals surface area contributed by atoms with Gasteiger partial charge in [-0.2, -0.15) is 17.0 Å². The Bertz CT molecular complexity index is 1120. The van der Waals surface area contributed by atoms with Crippen molar-refractivity contribution >= 4 is 21.2 Å². The zero-order valence-electron chi connectivity index (χ0n) is 17.5. The second-order valence-corrected chi connectivity index (χ2v) is 9.71. The summed E-state index contributed by atoms with van der Waals surface area (Å²) >= 11 is 0. The number of pyridine rings is 1. The fourth-order valence-electron chi connectivity index (χ4n) is 3.82. The molecule has 0 saturated carbocycles. The third-order valence-corrected chi connectivity index (χ3v) is 7.50. The Hall–Kier alpha value is -2.46. The van der Waals surface area contributed by atoms with Gasteiger partial charge in [0.2, 0.25) is 0 Å². The third kappa shape index (κ3) is 3.93. The molecule has 160 valence electrons. The number of ether oxygens (including phenoxy) is 1. The molecular formula is C21H27N5O3S. The van der Waals surface area contributed by atoms with Gasteiger partial charge in [-0.1, -0.05) is 0 Å². The molecule has 3 aromatic rings. The van der Waals surface area contributed by atoms with Crippen LogP contribution in [-0.2, 0) is 16.8 Å². The minimum atomic E-state index is -3.37. The van der Waals surface area contributed by atoms with Crippen molar-refractivity contribution in [2.75, 3.05) is 47.4 Å². The molecule has 2 aromatic heterocycles. The maximum atomic E-state index is 12.4. The number of hydrogen-bond donors (Lipinski definition) is 1. The van der Waals surface area contributed by atoms with Crippen LogP contribution in [0.3, 0.4) is 0 Å². The van der Waals surface area contributed by atoms with Crippen molar-refractivity contribution in [1.29, 1.82) is 0 Å². The molecule has 3 heterocycles. The van der Waals surface area contributed by atoms with Gasteiger partial charge < -0.3 is 9.72 Å². The van der Waals surface area contributed by atoms with Gasteiger partial charge in [0.15, 0.2) is 0 Å². The fraction of sp³-hybridized carbons (Fsp3) is 0.381. The van der Waals surface area contributed by atoms with Crippen LogP contribution in [-0.4, -0.2) is 79.3 Å². The van der Waals surface area contributed by atoms with Gasteiger partial charge in [0.05, 0.1) is 12.8 Å². The van der Waals surface area contributed by atoms with Crippen LogP contribution in [0.15, 0.2) is 42.6 Å². The quantitative estimate of drug-likeness (QED) is 0.649. The molecule has 30 heavy (non-hydrogen) atoms. The summed E-state index contributed by atoms with van der Waals surface area (Å²) in [5.41, 5.74) is 4.13. The van der Waals surface area contributed by atoms with E-state index in [0.29, 0.717) is 26.2 Å². The molecule has 0 atom stereocenters. The Kier molecular flexibility index (Phi) is 5.79. The maximum Gasteiger partial charge on any atom is 0.281 e. The fourth-order valence-corrected chi connectivity index (χ4v) is 4.90. The minimum Gasteiger partial charge on any atom is -0.497 e. The van der Waals surface area contributed by atoms with Gasteiger partial charge in [-0.3, -0.25) is 4.90 Å². The number of nitrogens with zero attached hydrogens (tertiary/aromatic N) is 4. The first-order valence-corrected chi connectivity index (χ1v) is 11.3. The van der Waals surface area contributed by atoms with E-state index in [1.807, 2.05) is 30.3 Å². The van der Waals surface area contributed by atoms with Crippen molar-refractivity contribution in [2.45, 2.75) is 6.54 Å². The van der Waals surface area contributed by atoms with Gasteiger partial charge in [0.1, 0.15) is 11.4 Å². The Balaban J connectivity index is 1.60. The van der Waals surface area contributed by atoms with Crippen LogP contribution in [0, 0.1) is 0 Å². The summed E-state index contributed by atoms with van der Waals surface area (Å²) < 4.78 is 32.9. The van der Waals surface area contributed by atoms with E-state index < -0.39 is 10.2 Å². The molecule has 4 rings (SSSR count). The lowest BCUT2D eigenvalue weighted by atomic mass is 10.0. The SMILES string of the molecule is COc1ccc(-c2[nH]c3ncccc3c2CN2CCN(S(=O)(=O)N(C)C)CC2)cc1. The van der Waals surface area contributed by atoms with Crippen LogP contribution in [0.1, 0.15) is 5.56 Å². The summed E-state index contributed by atoms with van der Waals surface area (Å²) in [7, 11) is 1.43. The molecular weight excluding hydrogens is 402 g/mol. The Labute approximate surface area is 177 Å². The van der Waals surface area contributed by atoms with Gasteiger partial charge in [0, 0.05) is 64.0 Å². The molecule has 1 fully saturated rings. The second-order valence-electron chi connectivity index (χ2n) is 7.57. The van der Waals surface area contributed by atoms with Crippen LogP contribution in [0.2, 0.25) is 0 Å². The zero-order valence-corrected chi connectivity index (χ0v) is 18.3. The normalized spacial score (nSPS) is 16.4. The molecule has 1 saturated heterocycles. The number of benzene rings is 1. The second kappa shape index (κ2) is 8.35. The molecule has 1 aromatic carbocycles. The number of aromatic amines is 1. The Morgan fingerprint density at radius 3 is 2.43 bits per heavy atom. The number of aromatic nitrogens is 2. The Morgan fingerprint density at radius 2 is 1.80 bits per heavy atom. The number of methoxy groups -OCH3 is 1. The van der Waals surface area contributed by atoms with Crippen LogP contribution in [0.5, 0.6) is 5.75 Å². The maximum absolute atomic E-state index is 12.4. The summed E-state index contributed by atoms with van der Waals surface area (Å²) in [4.78, 5) is 10.2. The van der Waals surface area contributed by atoms with Crippen molar-refractivity contribution in [3.05, 3.63) is 48.2 Å². The topological polar surface area (TPSA) is 81.8 Å². The van der Waals surface area contributed by atoms with E-state index in [-0.39, 0.29) is 0 Å². The predicted molar refractivity (Wildman–Crippen MR) is 118 cm³/mol. The highest BCUT2D eigenvalue weighted by Gasteiger charge is 2.29. The molecule has 0 amide bonds. The molecule has 0 aliphatic carbocycles. The molecule has 1 aliphatic heterocycles. The minimum absolute atomic E-state index is 0.485. The summed E-state index contributed by atoms with van der Waals surface area (Å²) in [5.74, 6) is 0.813. The summed E-state index contributed by atoms with van der Waals surface area (Å²) in [5, 5.41) is 1.09. The van der Waals surface area contributed by atoms with E-state index in [9.17, 15) is 8.42 Å². The van der Waals surface area contributed by atoms with Crippen LogP contribution in [0.4, 0.5) is 0 Å². The summed E-state index contributed by atoms with van der Waals surface area (Å²) in [6, 6.07) is 12.0. The molecule has 1 N–H and O–H groups in total. The molecule has 0 radical (unpaired) electrons. The summed E-state index contributed by atoms with van der Waals surface area (Å²) in [6.07, 6.45) is 1.78. The highest BCUT2D eigenvalue weighted by Crippen LogP contribution is 2.31. The first-order valence-electron chi connectivity index (χ1n) is 9.90. The number of rotatable bonds is 6. The van der Waals surface area contributed by atoms with Gasteiger partial charge in [-0.15, -0.1) is 0 Å². The lowest BCUT2D eigenvalue weighted by Crippen LogP contribution is -2.51. The monoisotopic (exact) mass is 429 g/mol. The van der Waals surface area contributed by atoms with Crippen LogP contribution in [0.25, 0.3) is 22.3 Å². The number of fused-ring (bicyclic) bond motifs is 1. The van der Waals surface area contributed by atoms with Crippen molar-refractivity contribution in [3.63, 3.8) is 0 Å². The van der Waals surface area contributed by atoms with Crippen molar-refractivity contribution < 1.29 is 13.2 Å². The van der Waals surface area contributed by atoms with Crippen molar-refractivity contribution in [2.24, 2.45) is 0 Å². The summed E-state index contributed by atoms with van der Waals surface area (Å²) in [6.45, 7) is 3.06. The average Bonchev–Trinajstić information content (AvgIpc) is 3.12. The molecule has 1 aliphatic rings. The largest absolute Gasteiger partial charge is 0.497 e. The van der Waals surface area contributed by atoms with Gasteiger partial charge >= 0.3 is 0 Å². The van der Waals surface area contributed by atoms with E-state index in [0.717, 1.165) is 34.6 Å². The van der Waals surface area contributed by atoms with E-state index >= 15 is 0 Å². The zero-order chi connectivity index (χ0) is 21.3. The van der Waals surface area contributed by atoms with E-state index in [1.165, 1.54) is 9.87 Å². The van der Waals surface area contributed by atoms with Crippen molar-refractivity contribution in [1.82, 2.24) is 23.5 Å². The highest BCUT2D eigenvalue weighted by atomic mass is 32.2. The van der Waals surface area contributed by atoms with Gasteiger partial charge in [-0.25, -0.2) is 4.98 Å². The lowest BCUT2D eigenvalue weighted by molar-refractivity contribution is 0.178. The first-order chi connectivity index (χ1) is 14.4.